The fourth-order valence-corrected chi connectivity index (χ4v) is 6.51. The lowest BCUT2D eigenvalue weighted by atomic mass is 9.73. The zero-order chi connectivity index (χ0) is 23.3. The maximum Gasteiger partial charge on any atom is 0.178 e. The van der Waals surface area contributed by atoms with Gasteiger partial charge in [0.1, 0.15) is 10.8 Å². The average Bonchev–Trinajstić information content (AvgIpc) is 3.13. The molecule has 174 valence electrons. The number of nitrogens with two attached hydrogens (primary N) is 2. The minimum atomic E-state index is 0.122. The molecule has 34 heavy (non-hydrogen) atoms. The van der Waals surface area contributed by atoms with Crippen molar-refractivity contribution in [1.82, 2.24) is 15.0 Å². The van der Waals surface area contributed by atoms with Crippen molar-refractivity contribution >= 4 is 46.9 Å². The number of benzene rings is 1. The van der Waals surface area contributed by atoms with Gasteiger partial charge in [0.05, 0.1) is 17.3 Å². The second-order valence-corrected chi connectivity index (χ2v) is 10.6. The summed E-state index contributed by atoms with van der Waals surface area (Å²) < 4.78 is 0. The first-order valence-corrected chi connectivity index (χ1v) is 12.7. The highest BCUT2D eigenvalue weighted by molar-refractivity contribution is 7.99. The van der Waals surface area contributed by atoms with Gasteiger partial charge in [-0.1, -0.05) is 47.6 Å². The number of hydrazine groups is 1. The highest BCUT2D eigenvalue weighted by Gasteiger charge is 2.46. The number of hydrogen-bond acceptors (Lipinski definition) is 8. The summed E-state index contributed by atoms with van der Waals surface area (Å²) in [5.74, 6) is 1.04. The molecule has 9 heteroatoms. The first kappa shape index (κ1) is 21.9. The number of anilines is 2. The number of halogens is 1. The van der Waals surface area contributed by atoms with Crippen LogP contribution in [0.1, 0.15) is 30.0 Å². The molecular formula is C25H26ClN7S. The van der Waals surface area contributed by atoms with Crippen LogP contribution in [0.5, 0.6) is 0 Å². The maximum absolute atomic E-state index is 6.77. The SMILES string of the molecule is Nc1nccc(Sc2ccc3c(n2)N=CCN3N2CCC3(CC2)Cc2ccccc2[C@H]3N)c1Cl. The zero-order valence-electron chi connectivity index (χ0n) is 18.7. The largest absolute Gasteiger partial charge is 0.382 e. The Hall–Kier alpha value is -2.65. The molecule has 0 radical (unpaired) electrons. The monoisotopic (exact) mass is 491 g/mol. The van der Waals surface area contributed by atoms with Crippen molar-refractivity contribution in [3.8, 4) is 0 Å². The van der Waals surface area contributed by atoms with E-state index in [-0.39, 0.29) is 11.5 Å². The van der Waals surface area contributed by atoms with E-state index in [2.05, 4.69) is 50.3 Å². The molecule has 3 aliphatic rings. The summed E-state index contributed by atoms with van der Waals surface area (Å²) in [6.45, 7) is 2.68. The predicted molar refractivity (Wildman–Crippen MR) is 138 cm³/mol. The first-order chi connectivity index (χ1) is 16.5. The van der Waals surface area contributed by atoms with Crippen LogP contribution >= 0.6 is 23.4 Å². The van der Waals surface area contributed by atoms with Crippen LogP contribution in [0, 0.1) is 5.41 Å². The smallest absolute Gasteiger partial charge is 0.178 e. The number of rotatable bonds is 3. The number of nitrogen functional groups attached to an aromatic ring is 1. The van der Waals surface area contributed by atoms with Crippen LogP contribution in [0.2, 0.25) is 5.02 Å². The molecule has 4 N–H and O–H groups in total. The number of aliphatic imine (C=N–C) groups is 1. The molecule has 1 spiro atoms. The van der Waals surface area contributed by atoms with Crippen molar-refractivity contribution in [3.63, 3.8) is 0 Å². The van der Waals surface area contributed by atoms with Crippen molar-refractivity contribution < 1.29 is 0 Å². The molecule has 1 aliphatic carbocycles. The van der Waals surface area contributed by atoms with E-state index in [1.54, 1.807) is 6.20 Å². The fraction of sp³-hybridized carbons (Fsp3) is 0.320. The Labute approximate surface area is 208 Å². The van der Waals surface area contributed by atoms with Crippen LogP contribution in [0.3, 0.4) is 0 Å². The van der Waals surface area contributed by atoms with Gasteiger partial charge in [-0.15, -0.1) is 0 Å². The second kappa shape index (κ2) is 8.53. The van der Waals surface area contributed by atoms with Gasteiger partial charge in [0.15, 0.2) is 5.82 Å². The van der Waals surface area contributed by atoms with Crippen LogP contribution in [-0.2, 0) is 6.42 Å². The molecule has 1 aromatic carbocycles. The lowest BCUT2D eigenvalue weighted by molar-refractivity contribution is 0.0837. The Bertz CT molecular complexity index is 1270. The Morgan fingerprint density at radius 2 is 1.91 bits per heavy atom. The van der Waals surface area contributed by atoms with E-state index in [1.165, 1.54) is 22.9 Å². The normalized spacial score (nSPS) is 21.0. The van der Waals surface area contributed by atoms with Crippen molar-refractivity contribution in [1.29, 1.82) is 0 Å². The topological polar surface area (TPSA) is 96.7 Å². The molecule has 2 aliphatic heterocycles. The van der Waals surface area contributed by atoms with Gasteiger partial charge in [0.25, 0.3) is 0 Å². The van der Waals surface area contributed by atoms with E-state index in [4.69, 9.17) is 28.1 Å². The summed E-state index contributed by atoms with van der Waals surface area (Å²) >= 11 is 7.77. The van der Waals surface area contributed by atoms with Gasteiger partial charge in [-0.05, 0) is 54.0 Å². The summed E-state index contributed by atoms with van der Waals surface area (Å²) in [6.07, 6.45) is 6.83. The molecule has 3 aromatic rings. The summed E-state index contributed by atoms with van der Waals surface area (Å²) in [5, 5.41) is 6.01. The maximum atomic E-state index is 6.77. The van der Waals surface area contributed by atoms with Crippen molar-refractivity contribution in [2.24, 2.45) is 16.1 Å². The predicted octanol–water partition coefficient (Wildman–Crippen LogP) is 4.64. The van der Waals surface area contributed by atoms with Crippen molar-refractivity contribution in [2.75, 3.05) is 30.4 Å². The fourth-order valence-electron chi connectivity index (χ4n) is 5.47. The van der Waals surface area contributed by atoms with E-state index in [9.17, 15) is 0 Å². The van der Waals surface area contributed by atoms with Gasteiger partial charge in [0, 0.05) is 36.4 Å². The third kappa shape index (κ3) is 3.65. The molecule has 1 atom stereocenters. The minimum absolute atomic E-state index is 0.122. The number of hydrogen-bond donors (Lipinski definition) is 2. The van der Waals surface area contributed by atoms with Gasteiger partial charge < -0.3 is 11.5 Å². The number of fused-ring (bicyclic) bond motifs is 2. The molecule has 6 rings (SSSR count). The summed E-state index contributed by atoms with van der Waals surface area (Å²) in [5.41, 5.74) is 16.6. The number of aromatic nitrogens is 2. The third-order valence-electron chi connectivity index (χ3n) is 7.34. The number of pyridine rings is 2. The molecule has 4 heterocycles. The standard InChI is InChI=1S/C25H26ClN7S/c26-21-19(7-10-29-23(21)28)34-20-6-5-18-24(31-20)30-11-14-33(18)32-12-8-25(9-13-32)15-16-3-1-2-4-17(16)22(25)27/h1-7,10-11,22H,8-9,12-15,27H2,(H2,28,29)/t22-/m1/s1. The number of nitrogens with zero attached hydrogens (tertiary/aromatic N) is 5. The van der Waals surface area contributed by atoms with E-state index >= 15 is 0 Å². The molecule has 0 bridgehead atoms. The third-order valence-corrected chi connectivity index (χ3v) is 8.85. The molecule has 7 nitrogen and oxygen atoms in total. The summed E-state index contributed by atoms with van der Waals surface area (Å²) in [7, 11) is 0. The highest BCUT2D eigenvalue weighted by Crippen LogP contribution is 2.51. The Morgan fingerprint density at radius 1 is 1.09 bits per heavy atom. The van der Waals surface area contributed by atoms with Gasteiger partial charge >= 0.3 is 0 Å². The molecule has 2 aromatic heterocycles. The average molecular weight is 492 g/mol. The molecule has 0 amide bonds. The quantitative estimate of drug-likeness (QED) is 0.550. The van der Waals surface area contributed by atoms with Crippen LogP contribution in [0.4, 0.5) is 17.3 Å². The Morgan fingerprint density at radius 3 is 2.74 bits per heavy atom. The van der Waals surface area contributed by atoms with E-state index in [0.717, 1.165) is 60.3 Å². The van der Waals surface area contributed by atoms with Gasteiger partial charge in [-0.25, -0.2) is 20.0 Å². The first-order valence-electron chi connectivity index (χ1n) is 11.5. The van der Waals surface area contributed by atoms with Crippen LogP contribution in [0.25, 0.3) is 0 Å². The van der Waals surface area contributed by atoms with E-state index < -0.39 is 0 Å². The van der Waals surface area contributed by atoms with Gasteiger partial charge in [-0.3, -0.25) is 5.01 Å². The molecule has 0 saturated carbocycles. The second-order valence-electron chi connectivity index (χ2n) is 9.17. The van der Waals surface area contributed by atoms with E-state index in [1.807, 2.05) is 18.3 Å². The van der Waals surface area contributed by atoms with Crippen LogP contribution in [-0.4, -0.2) is 40.8 Å². The number of piperidine rings is 1. The molecule has 1 saturated heterocycles. The van der Waals surface area contributed by atoms with E-state index in [0.29, 0.717) is 10.8 Å². The Balaban J connectivity index is 1.18. The van der Waals surface area contributed by atoms with Crippen molar-refractivity contribution in [2.45, 2.75) is 35.2 Å². The molecule has 0 unspecified atom stereocenters. The lowest BCUT2D eigenvalue weighted by Gasteiger charge is -2.46. The van der Waals surface area contributed by atoms with Crippen molar-refractivity contribution in [3.05, 3.63) is 64.8 Å². The van der Waals surface area contributed by atoms with Crippen LogP contribution < -0.4 is 16.5 Å². The molecule has 1 fully saturated rings. The zero-order valence-corrected chi connectivity index (χ0v) is 20.3. The lowest BCUT2D eigenvalue weighted by Crippen LogP contribution is -2.52. The Kier molecular flexibility index (Phi) is 5.49. The van der Waals surface area contributed by atoms with Crippen LogP contribution in [0.15, 0.2) is 63.6 Å². The van der Waals surface area contributed by atoms with Gasteiger partial charge in [0.2, 0.25) is 0 Å². The molecular weight excluding hydrogens is 466 g/mol. The summed E-state index contributed by atoms with van der Waals surface area (Å²) in [6, 6.07) is 14.7. The highest BCUT2D eigenvalue weighted by atomic mass is 35.5. The van der Waals surface area contributed by atoms with Gasteiger partial charge in [-0.2, -0.15) is 0 Å². The minimum Gasteiger partial charge on any atom is -0.382 e. The summed E-state index contributed by atoms with van der Waals surface area (Å²) in [4.78, 5) is 14.2.